The van der Waals surface area contributed by atoms with Gasteiger partial charge in [-0.15, -0.1) is 0 Å². The summed E-state index contributed by atoms with van der Waals surface area (Å²) >= 11 is 0. The van der Waals surface area contributed by atoms with Crippen LogP contribution >= 0.6 is 0 Å². The second kappa shape index (κ2) is 7.71. The lowest BCUT2D eigenvalue weighted by atomic mass is 9.99. The molecule has 2 rings (SSSR count). The minimum atomic E-state index is 0.155. The molecule has 2 atom stereocenters. The normalized spacial score (nSPS) is 28.2. The summed E-state index contributed by atoms with van der Waals surface area (Å²) < 4.78 is 10.9. The van der Waals surface area contributed by atoms with Crippen LogP contribution in [0.2, 0.25) is 0 Å². The molecule has 2 heterocycles. The van der Waals surface area contributed by atoms with Gasteiger partial charge in [-0.1, -0.05) is 0 Å². The third kappa shape index (κ3) is 4.55. The van der Waals surface area contributed by atoms with Gasteiger partial charge < -0.3 is 20.1 Å². The molecule has 2 aliphatic heterocycles. The van der Waals surface area contributed by atoms with E-state index in [1.807, 2.05) is 0 Å². The van der Waals surface area contributed by atoms with Crippen molar-refractivity contribution in [1.29, 1.82) is 0 Å². The van der Waals surface area contributed by atoms with Gasteiger partial charge in [0, 0.05) is 26.3 Å². The molecule has 0 aromatic rings. The summed E-state index contributed by atoms with van der Waals surface area (Å²) in [5.74, 6) is 0.342. The van der Waals surface area contributed by atoms with Gasteiger partial charge >= 0.3 is 0 Å². The largest absolute Gasteiger partial charge is 0.379 e. The van der Waals surface area contributed by atoms with Crippen LogP contribution in [-0.2, 0) is 14.3 Å². The zero-order valence-electron chi connectivity index (χ0n) is 11.0. The van der Waals surface area contributed by atoms with Crippen molar-refractivity contribution < 1.29 is 14.3 Å². The fourth-order valence-electron chi connectivity index (χ4n) is 2.40. The first-order chi connectivity index (χ1) is 8.86. The molecule has 0 radical (unpaired) electrons. The van der Waals surface area contributed by atoms with Crippen LogP contribution in [0.1, 0.15) is 25.7 Å². The predicted molar refractivity (Wildman–Crippen MR) is 68.4 cm³/mol. The van der Waals surface area contributed by atoms with Crippen molar-refractivity contribution in [2.24, 2.45) is 5.92 Å². The molecule has 0 aromatic heterocycles. The van der Waals surface area contributed by atoms with Crippen LogP contribution in [0.5, 0.6) is 0 Å². The van der Waals surface area contributed by atoms with Crippen LogP contribution in [0, 0.1) is 5.92 Å². The van der Waals surface area contributed by atoms with Gasteiger partial charge in [-0.3, -0.25) is 4.79 Å². The maximum atomic E-state index is 11.8. The minimum absolute atomic E-state index is 0.155. The molecule has 2 aliphatic rings. The van der Waals surface area contributed by atoms with E-state index in [-0.39, 0.29) is 17.9 Å². The molecule has 0 spiro atoms. The average molecular weight is 256 g/mol. The fraction of sp³-hybridized carbons (Fsp3) is 0.923. The van der Waals surface area contributed by atoms with E-state index in [2.05, 4.69) is 10.6 Å². The molecule has 0 aliphatic carbocycles. The van der Waals surface area contributed by atoms with Crippen LogP contribution in [-0.4, -0.2) is 51.5 Å². The van der Waals surface area contributed by atoms with Gasteiger partial charge in [-0.25, -0.2) is 0 Å². The van der Waals surface area contributed by atoms with Crippen LogP contribution in [0.15, 0.2) is 0 Å². The Hall–Kier alpha value is -0.650. The van der Waals surface area contributed by atoms with E-state index in [9.17, 15) is 4.79 Å². The number of ether oxygens (including phenoxy) is 2. The van der Waals surface area contributed by atoms with E-state index < -0.39 is 0 Å². The van der Waals surface area contributed by atoms with Crippen molar-refractivity contribution in [3.05, 3.63) is 0 Å². The zero-order chi connectivity index (χ0) is 12.6. The number of rotatable bonds is 6. The Kier molecular flexibility index (Phi) is 5.90. The highest BCUT2D eigenvalue weighted by Gasteiger charge is 2.20. The maximum absolute atomic E-state index is 11.8. The number of nitrogens with one attached hydrogen (secondary N) is 2. The molecule has 104 valence electrons. The Morgan fingerprint density at radius 2 is 2.39 bits per heavy atom. The van der Waals surface area contributed by atoms with Gasteiger partial charge in [0.25, 0.3) is 0 Å². The van der Waals surface area contributed by atoms with Gasteiger partial charge in [0.15, 0.2) is 0 Å². The number of piperidine rings is 1. The molecular weight excluding hydrogens is 232 g/mol. The van der Waals surface area contributed by atoms with Gasteiger partial charge in [-0.05, 0) is 32.2 Å². The van der Waals surface area contributed by atoms with Crippen molar-refractivity contribution >= 4 is 5.91 Å². The molecule has 2 unspecified atom stereocenters. The Morgan fingerprint density at radius 3 is 3.11 bits per heavy atom. The number of hydrogen-bond donors (Lipinski definition) is 2. The van der Waals surface area contributed by atoms with E-state index in [4.69, 9.17) is 9.47 Å². The molecule has 2 fully saturated rings. The lowest BCUT2D eigenvalue weighted by Gasteiger charge is -2.21. The van der Waals surface area contributed by atoms with Crippen molar-refractivity contribution in [3.8, 4) is 0 Å². The van der Waals surface area contributed by atoms with Crippen molar-refractivity contribution in [2.75, 3.05) is 39.5 Å². The number of carbonyl (C=O) groups is 1. The summed E-state index contributed by atoms with van der Waals surface area (Å²) in [5, 5.41) is 6.24. The smallest absolute Gasteiger partial charge is 0.224 e. The molecule has 18 heavy (non-hydrogen) atoms. The zero-order valence-corrected chi connectivity index (χ0v) is 11.0. The maximum Gasteiger partial charge on any atom is 0.224 e. The number of amides is 1. The summed E-state index contributed by atoms with van der Waals surface area (Å²) in [7, 11) is 0. The van der Waals surface area contributed by atoms with Gasteiger partial charge in [-0.2, -0.15) is 0 Å². The average Bonchev–Trinajstić information content (AvgIpc) is 2.92. The minimum Gasteiger partial charge on any atom is -0.379 e. The molecule has 0 saturated carbocycles. The van der Waals surface area contributed by atoms with Crippen LogP contribution in [0.3, 0.4) is 0 Å². The summed E-state index contributed by atoms with van der Waals surface area (Å²) in [6, 6.07) is 0. The monoisotopic (exact) mass is 256 g/mol. The van der Waals surface area contributed by atoms with E-state index in [0.29, 0.717) is 13.2 Å². The first kappa shape index (κ1) is 13.8. The Labute approximate surface area is 109 Å². The molecule has 5 nitrogen and oxygen atoms in total. The van der Waals surface area contributed by atoms with E-state index in [1.165, 1.54) is 0 Å². The molecule has 2 N–H and O–H groups in total. The van der Waals surface area contributed by atoms with Crippen LogP contribution in [0.25, 0.3) is 0 Å². The highest BCUT2D eigenvalue weighted by molar-refractivity contribution is 5.78. The van der Waals surface area contributed by atoms with Crippen molar-refractivity contribution in [2.45, 2.75) is 31.8 Å². The molecule has 5 heteroatoms. The first-order valence-electron chi connectivity index (χ1n) is 7.04. The Balaban J connectivity index is 1.48. The van der Waals surface area contributed by atoms with Crippen LogP contribution < -0.4 is 10.6 Å². The lowest BCUT2D eigenvalue weighted by molar-refractivity contribution is -0.125. The lowest BCUT2D eigenvalue weighted by Crippen LogP contribution is -2.41. The number of hydrogen-bond acceptors (Lipinski definition) is 4. The van der Waals surface area contributed by atoms with Crippen LogP contribution in [0.4, 0.5) is 0 Å². The summed E-state index contributed by atoms with van der Waals surface area (Å²) in [4.78, 5) is 11.8. The molecule has 1 amide bonds. The molecule has 0 aromatic carbocycles. The Morgan fingerprint density at radius 1 is 1.44 bits per heavy atom. The Bertz CT molecular complexity index is 249. The second-order valence-corrected chi connectivity index (χ2v) is 5.04. The highest BCUT2D eigenvalue weighted by Crippen LogP contribution is 2.10. The van der Waals surface area contributed by atoms with Crippen molar-refractivity contribution in [1.82, 2.24) is 10.6 Å². The topological polar surface area (TPSA) is 59.6 Å². The summed E-state index contributed by atoms with van der Waals surface area (Å²) in [5.41, 5.74) is 0. The predicted octanol–water partition coefficient (Wildman–Crippen LogP) is 0.298. The van der Waals surface area contributed by atoms with Gasteiger partial charge in [0.2, 0.25) is 5.91 Å². The standard InChI is InChI=1S/C13H24N2O3/c16-13(11-3-1-5-14-9-11)15-6-2-7-18-12-4-8-17-10-12/h11-12,14H,1-10H2,(H,15,16). The third-order valence-corrected chi connectivity index (χ3v) is 3.53. The first-order valence-corrected chi connectivity index (χ1v) is 7.04. The SMILES string of the molecule is O=C(NCCCOC1CCOC1)C1CCCNC1. The van der Waals surface area contributed by atoms with Gasteiger partial charge in [0.05, 0.1) is 18.6 Å². The third-order valence-electron chi connectivity index (χ3n) is 3.53. The molecule has 2 saturated heterocycles. The quantitative estimate of drug-likeness (QED) is 0.671. The van der Waals surface area contributed by atoms with E-state index >= 15 is 0 Å². The second-order valence-electron chi connectivity index (χ2n) is 5.04. The molecular formula is C13H24N2O3. The summed E-state index contributed by atoms with van der Waals surface area (Å²) in [6.45, 7) is 4.82. The summed E-state index contributed by atoms with van der Waals surface area (Å²) in [6.07, 6.45) is 4.25. The number of carbonyl (C=O) groups excluding carboxylic acids is 1. The highest BCUT2D eigenvalue weighted by atomic mass is 16.5. The fourth-order valence-corrected chi connectivity index (χ4v) is 2.40. The molecule has 0 bridgehead atoms. The van der Waals surface area contributed by atoms with E-state index in [0.717, 1.165) is 52.0 Å². The van der Waals surface area contributed by atoms with E-state index in [1.54, 1.807) is 0 Å². The van der Waals surface area contributed by atoms with Crippen molar-refractivity contribution in [3.63, 3.8) is 0 Å². The van der Waals surface area contributed by atoms with Gasteiger partial charge in [0.1, 0.15) is 0 Å².